The fourth-order valence-corrected chi connectivity index (χ4v) is 5.31. The Morgan fingerprint density at radius 3 is 2.38 bits per heavy atom. The number of carbonyl (C=O) groups excluding carboxylic acids is 1. The molecule has 1 amide bonds. The summed E-state index contributed by atoms with van der Waals surface area (Å²) in [6.45, 7) is 6.83. The van der Waals surface area contributed by atoms with Gasteiger partial charge in [-0.15, -0.1) is 0 Å². The number of nitrogens with zero attached hydrogens (tertiary/aromatic N) is 1. The van der Waals surface area contributed by atoms with E-state index in [9.17, 15) is 23.1 Å². The van der Waals surface area contributed by atoms with Crippen LogP contribution in [0.1, 0.15) is 27.7 Å². The van der Waals surface area contributed by atoms with Crippen LogP contribution in [-0.4, -0.2) is 59.5 Å². The minimum absolute atomic E-state index is 0.0603. The van der Waals surface area contributed by atoms with Gasteiger partial charge in [0.1, 0.15) is 11.3 Å². The van der Waals surface area contributed by atoms with Gasteiger partial charge in [-0.05, 0) is 5.41 Å². The summed E-state index contributed by atoms with van der Waals surface area (Å²) in [5, 5.41) is 8.44. The lowest BCUT2D eigenvalue weighted by atomic mass is 9.80. The highest BCUT2D eigenvalue weighted by Crippen LogP contribution is 2.31. The largest absolute Gasteiger partial charge is 0.481 e. The lowest BCUT2D eigenvalue weighted by Crippen LogP contribution is -2.55. The molecule has 2 unspecified atom stereocenters. The van der Waals surface area contributed by atoms with E-state index in [1.807, 2.05) is 0 Å². The van der Waals surface area contributed by atoms with Crippen LogP contribution in [0.3, 0.4) is 0 Å². The van der Waals surface area contributed by atoms with Crippen molar-refractivity contribution in [2.75, 3.05) is 23.8 Å². The Labute approximate surface area is 130 Å². The Balaban J connectivity index is 3.15. The quantitative estimate of drug-likeness (QED) is 0.772. The van der Waals surface area contributed by atoms with Crippen LogP contribution in [0.15, 0.2) is 0 Å². The number of hydrogen-bond acceptors (Lipinski definition) is 5. The van der Waals surface area contributed by atoms with Gasteiger partial charge in [0.05, 0.1) is 0 Å². The molecule has 6 nitrogen and oxygen atoms in total. The van der Waals surface area contributed by atoms with E-state index >= 15 is 0 Å². The Morgan fingerprint density at radius 2 is 1.95 bits per heavy atom. The summed E-state index contributed by atoms with van der Waals surface area (Å²) in [6.07, 6.45) is 0. The monoisotopic (exact) mass is 337 g/mol. The van der Waals surface area contributed by atoms with Crippen LogP contribution in [0.2, 0.25) is 0 Å². The third-order valence-electron chi connectivity index (χ3n) is 3.54. The molecule has 1 aliphatic rings. The Kier molecular flexibility index (Phi) is 5.71. The summed E-state index contributed by atoms with van der Waals surface area (Å²) in [5.74, 6) is -2.18. The van der Waals surface area contributed by atoms with E-state index in [0.717, 1.165) is 0 Å². The maximum absolute atomic E-state index is 12.6. The average molecular weight is 337 g/mol. The van der Waals surface area contributed by atoms with Crippen molar-refractivity contribution >= 4 is 33.5 Å². The molecule has 0 saturated carbocycles. The minimum Gasteiger partial charge on any atom is -0.481 e. The maximum Gasteiger partial charge on any atom is 0.316 e. The Bertz CT molecular complexity index is 509. The number of rotatable bonds is 4. The highest BCUT2D eigenvalue weighted by Gasteiger charge is 2.45. The number of carboxylic acids is 1. The number of thioether (sulfide) groups is 1. The number of carbonyl (C=O) groups is 2. The number of hydrogen-bond donors (Lipinski definition) is 1. The van der Waals surface area contributed by atoms with Crippen molar-refractivity contribution in [3.63, 3.8) is 0 Å². The van der Waals surface area contributed by atoms with Crippen molar-refractivity contribution < 1.29 is 23.1 Å². The highest BCUT2D eigenvalue weighted by atomic mass is 32.2. The number of sulfone groups is 1. The molecule has 1 fully saturated rings. The van der Waals surface area contributed by atoms with E-state index in [-0.39, 0.29) is 12.3 Å². The standard InChI is InChI=1S/C13H23NO5S2/c1-5-21(18,19)9-8-20-7-6-14(9)11(15)10(12(16)17)13(2,3)4/h9-10H,5-8H2,1-4H3,(H,16,17). The second-order valence-corrected chi connectivity index (χ2v) is 9.75. The molecule has 122 valence electrons. The first-order valence-electron chi connectivity index (χ1n) is 6.85. The molecule has 0 aliphatic carbocycles. The van der Waals surface area contributed by atoms with Crippen molar-refractivity contribution in [2.45, 2.75) is 33.1 Å². The number of carboxylic acid groups (broad SMARTS) is 1. The normalized spacial score (nSPS) is 21.9. The first-order valence-corrected chi connectivity index (χ1v) is 9.72. The van der Waals surface area contributed by atoms with Crippen molar-refractivity contribution in [1.82, 2.24) is 4.90 Å². The zero-order valence-corrected chi connectivity index (χ0v) is 14.5. The van der Waals surface area contributed by atoms with Gasteiger partial charge in [-0.1, -0.05) is 27.7 Å². The maximum atomic E-state index is 12.6. The van der Waals surface area contributed by atoms with Crippen molar-refractivity contribution in [1.29, 1.82) is 0 Å². The summed E-state index contributed by atoms with van der Waals surface area (Å²) in [6, 6.07) is 0. The molecule has 8 heteroatoms. The van der Waals surface area contributed by atoms with Gasteiger partial charge in [0.25, 0.3) is 0 Å². The van der Waals surface area contributed by atoms with Gasteiger partial charge in [0.15, 0.2) is 9.84 Å². The van der Waals surface area contributed by atoms with Gasteiger partial charge in [-0.25, -0.2) is 8.42 Å². The summed E-state index contributed by atoms with van der Waals surface area (Å²) < 4.78 is 24.3. The molecular formula is C13H23NO5S2. The first-order chi connectivity index (χ1) is 9.52. The zero-order valence-electron chi connectivity index (χ0n) is 12.8. The van der Waals surface area contributed by atoms with Crippen LogP contribution in [0.4, 0.5) is 0 Å². The van der Waals surface area contributed by atoms with E-state index in [1.54, 1.807) is 20.8 Å². The molecule has 0 aromatic heterocycles. The molecular weight excluding hydrogens is 314 g/mol. The number of aliphatic carboxylic acids is 1. The lowest BCUT2D eigenvalue weighted by molar-refractivity contribution is -0.156. The van der Waals surface area contributed by atoms with Gasteiger partial charge in [-0.2, -0.15) is 11.8 Å². The third kappa shape index (κ3) is 4.12. The van der Waals surface area contributed by atoms with E-state index < -0.39 is 38.4 Å². The summed E-state index contributed by atoms with van der Waals surface area (Å²) in [4.78, 5) is 25.3. The summed E-state index contributed by atoms with van der Waals surface area (Å²) in [5.41, 5.74) is -0.770. The van der Waals surface area contributed by atoms with Gasteiger partial charge >= 0.3 is 5.97 Å². The second-order valence-electron chi connectivity index (χ2n) is 6.15. The molecule has 2 atom stereocenters. The Morgan fingerprint density at radius 1 is 1.38 bits per heavy atom. The minimum atomic E-state index is -3.43. The van der Waals surface area contributed by atoms with Crippen LogP contribution in [0.25, 0.3) is 0 Å². The predicted molar refractivity (Wildman–Crippen MR) is 82.9 cm³/mol. The molecule has 0 spiro atoms. The topological polar surface area (TPSA) is 91.8 Å². The molecule has 1 aliphatic heterocycles. The number of amides is 1. The zero-order chi connectivity index (χ0) is 16.4. The van der Waals surface area contributed by atoms with Crippen LogP contribution >= 0.6 is 11.8 Å². The van der Waals surface area contributed by atoms with Crippen molar-refractivity contribution in [3.8, 4) is 0 Å². The van der Waals surface area contributed by atoms with Crippen LogP contribution in [0.5, 0.6) is 0 Å². The molecule has 21 heavy (non-hydrogen) atoms. The summed E-state index contributed by atoms with van der Waals surface area (Å²) in [7, 11) is -3.43. The van der Waals surface area contributed by atoms with Crippen LogP contribution in [-0.2, 0) is 19.4 Å². The molecule has 0 radical (unpaired) electrons. The lowest BCUT2D eigenvalue weighted by Gasteiger charge is -2.38. The predicted octanol–water partition coefficient (Wildman–Crippen LogP) is 1.07. The smallest absolute Gasteiger partial charge is 0.316 e. The van der Waals surface area contributed by atoms with Gasteiger partial charge in [-0.3, -0.25) is 9.59 Å². The van der Waals surface area contributed by atoms with Crippen LogP contribution < -0.4 is 0 Å². The van der Waals surface area contributed by atoms with Gasteiger partial charge in [0, 0.05) is 23.8 Å². The fourth-order valence-electron chi connectivity index (χ4n) is 2.34. The SMILES string of the molecule is CCS(=O)(=O)C1CSCCN1C(=O)C(C(=O)O)C(C)(C)C. The molecule has 1 N–H and O–H groups in total. The third-order valence-corrected chi connectivity index (χ3v) is 6.83. The second kappa shape index (κ2) is 6.56. The van der Waals surface area contributed by atoms with Gasteiger partial charge in [0.2, 0.25) is 5.91 Å². The molecule has 1 saturated heterocycles. The van der Waals surface area contributed by atoms with E-state index in [4.69, 9.17) is 0 Å². The van der Waals surface area contributed by atoms with Crippen molar-refractivity contribution in [3.05, 3.63) is 0 Å². The van der Waals surface area contributed by atoms with E-state index in [1.165, 1.54) is 23.6 Å². The van der Waals surface area contributed by atoms with Gasteiger partial charge < -0.3 is 10.0 Å². The first kappa shape index (κ1) is 18.3. The molecule has 1 rings (SSSR count). The van der Waals surface area contributed by atoms with Crippen LogP contribution in [0, 0.1) is 11.3 Å². The fraction of sp³-hybridized carbons (Fsp3) is 0.846. The van der Waals surface area contributed by atoms with Crippen molar-refractivity contribution in [2.24, 2.45) is 11.3 Å². The Hall–Kier alpha value is -0.760. The molecule has 0 bridgehead atoms. The summed E-state index contributed by atoms with van der Waals surface area (Å²) >= 11 is 1.47. The molecule has 1 heterocycles. The van der Waals surface area contributed by atoms with E-state index in [2.05, 4.69) is 0 Å². The highest BCUT2D eigenvalue weighted by molar-refractivity contribution is 8.01. The molecule has 0 aromatic rings. The van der Waals surface area contributed by atoms with E-state index in [0.29, 0.717) is 11.5 Å². The molecule has 0 aromatic carbocycles. The average Bonchev–Trinajstić information content (AvgIpc) is 2.36.